The minimum atomic E-state index is 0.547. The monoisotopic (exact) mass is 308 g/mol. The van der Waals surface area contributed by atoms with Crippen molar-refractivity contribution in [2.75, 3.05) is 18.8 Å². The molecule has 0 spiro atoms. The fourth-order valence-corrected chi connectivity index (χ4v) is 5.28. The highest BCUT2D eigenvalue weighted by Crippen LogP contribution is 2.32. The molecule has 0 aromatic rings. The van der Waals surface area contributed by atoms with Crippen LogP contribution in [0.2, 0.25) is 0 Å². The van der Waals surface area contributed by atoms with Gasteiger partial charge in [-0.3, -0.25) is 9.98 Å². The highest BCUT2D eigenvalue weighted by molar-refractivity contribution is 8.17. The Balaban J connectivity index is 1.35. The first-order chi connectivity index (χ1) is 9.90. The normalized spacial score (nSPS) is 32.0. The van der Waals surface area contributed by atoms with Gasteiger partial charge in [0.15, 0.2) is 10.3 Å². The number of hydrogen-bond donors (Lipinski definition) is 1. The zero-order valence-electron chi connectivity index (χ0n) is 11.5. The Hall–Kier alpha value is -0.620. The number of rotatable bonds is 2. The molecule has 3 heterocycles. The summed E-state index contributed by atoms with van der Waals surface area (Å²) in [6, 6.07) is 1.16. The van der Waals surface area contributed by atoms with Crippen molar-refractivity contribution < 1.29 is 0 Å². The van der Waals surface area contributed by atoms with Crippen molar-refractivity contribution in [3.8, 4) is 0 Å². The van der Waals surface area contributed by atoms with Crippen LogP contribution in [-0.4, -0.2) is 46.2 Å². The van der Waals surface area contributed by atoms with Crippen LogP contribution >= 0.6 is 23.5 Å². The van der Waals surface area contributed by atoms with Gasteiger partial charge >= 0.3 is 0 Å². The number of nitrogens with zero attached hydrogens (tertiary/aromatic N) is 3. The van der Waals surface area contributed by atoms with E-state index in [-0.39, 0.29) is 0 Å². The minimum absolute atomic E-state index is 0.547. The number of nitrogens with one attached hydrogen (secondary N) is 1. The predicted molar refractivity (Wildman–Crippen MR) is 88.4 cm³/mol. The molecular formula is C14H20N4S2. The van der Waals surface area contributed by atoms with Gasteiger partial charge in [0.2, 0.25) is 0 Å². The van der Waals surface area contributed by atoms with Gasteiger partial charge in [0.05, 0.1) is 12.1 Å². The lowest BCUT2D eigenvalue weighted by Gasteiger charge is -2.25. The molecule has 0 aromatic heterocycles. The van der Waals surface area contributed by atoms with Gasteiger partial charge in [0.25, 0.3) is 0 Å². The first-order valence-corrected chi connectivity index (χ1v) is 9.41. The Morgan fingerprint density at radius 1 is 1.35 bits per heavy atom. The van der Waals surface area contributed by atoms with E-state index in [1.807, 2.05) is 11.8 Å². The van der Waals surface area contributed by atoms with Crippen LogP contribution in [0.3, 0.4) is 0 Å². The highest BCUT2D eigenvalue weighted by atomic mass is 32.2. The minimum Gasteiger partial charge on any atom is -0.360 e. The van der Waals surface area contributed by atoms with E-state index >= 15 is 0 Å². The van der Waals surface area contributed by atoms with E-state index in [0.29, 0.717) is 12.1 Å². The van der Waals surface area contributed by atoms with E-state index in [1.54, 1.807) is 11.8 Å². The SMILES string of the molecule is C1=C(CSC2=N[C@@H]3CCCC[C@@H]3N2)N2CCCN=C2S1. The van der Waals surface area contributed by atoms with Crippen LogP contribution < -0.4 is 5.32 Å². The van der Waals surface area contributed by atoms with Crippen LogP contribution in [0.1, 0.15) is 32.1 Å². The second-order valence-corrected chi connectivity index (χ2v) is 7.52. The topological polar surface area (TPSA) is 40.0 Å². The number of hydrogen-bond acceptors (Lipinski definition) is 6. The summed E-state index contributed by atoms with van der Waals surface area (Å²) >= 11 is 3.64. The molecule has 0 radical (unpaired) electrons. The third-order valence-electron chi connectivity index (χ3n) is 4.34. The fourth-order valence-electron chi connectivity index (χ4n) is 3.25. The molecule has 4 nitrogen and oxygen atoms in total. The smallest absolute Gasteiger partial charge is 0.167 e. The van der Waals surface area contributed by atoms with Crippen LogP contribution in [0, 0.1) is 0 Å². The average molecular weight is 308 g/mol. The summed E-state index contributed by atoms with van der Waals surface area (Å²) < 4.78 is 0. The Kier molecular flexibility index (Phi) is 3.68. The van der Waals surface area contributed by atoms with Crippen molar-refractivity contribution in [2.45, 2.75) is 44.2 Å². The molecule has 2 atom stereocenters. The van der Waals surface area contributed by atoms with Crippen LogP contribution in [0.4, 0.5) is 0 Å². The summed E-state index contributed by atoms with van der Waals surface area (Å²) in [4.78, 5) is 11.8. The lowest BCUT2D eigenvalue weighted by atomic mass is 9.92. The van der Waals surface area contributed by atoms with E-state index in [9.17, 15) is 0 Å². The molecular weight excluding hydrogens is 288 g/mol. The van der Waals surface area contributed by atoms with Gasteiger partial charge in [-0.25, -0.2) is 0 Å². The van der Waals surface area contributed by atoms with E-state index in [0.717, 1.165) is 24.0 Å². The van der Waals surface area contributed by atoms with Crippen molar-refractivity contribution in [1.29, 1.82) is 0 Å². The summed E-state index contributed by atoms with van der Waals surface area (Å²) in [6.45, 7) is 2.12. The summed E-state index contributed by atoms with van der Waals surface area (Å²) in [5.41, 5.74) is 1.40. The molecule has 0 unspecified atom stereocenters. The van der Waals surface area contributed by atoms with E-state index in [2.05, 4.69) is 20.6 Å². The van der Waals surface area contributed by atoms with Gasteiger partial charge in [-0.05, 0) is 24.7 Å². The third kappa shape index (κ3) is 2.48. The number of amidine groups is 2. The molecule has 20 heavy (non-hydrogen) atoms. The van der Waals surface area contributed by atoms with Gasteiger partial charge in [-0.1, -0.05) is 36.4 Å². The Morgan fingerprint density at radius 3 is 3.25 bits per heavy atom. The zero-order chi connectivity index (χ0) is 13.4. The van der Waals surface area contributed by atoms with E-state index in [4.69, 9.17) is 4.99 Å². The molecule has 108 valence electrons. The molecule has 1 saturated carbocycles. The standard InChI is InChI=1S/C14H20N4S2/c1-2-5-12-11(4-1)16-13(17-12)19-8-10-9-20-14-15-6-3-7-18(10)14/h9,11-12H,1-8H2,(H,16,17)/t11-,12+. The lowest BCUT2D eigenvalue weighted by molar-refractivity contribution is 0.385. The van der Waals surface area contributed by atoms with Crippen LogP contribution in [0.25, 0.3) is 0 Å². The zero-order valence-corrected chi connectivity index (χ0v) is 13.2. The number of fused-ring (bicyclic) bond motifs is 2. The van der Waals surface area contributed by atoms with Crippen LogP contribution in [0.5, 0.6) is 0 Å². The van der Waals surface area contributed by atoms with Crippen molar-refractivity contribution in [1.82, 2.24) is 10.2 Å². The molecule has 0 saturated heterocycles. The van der Waals surface area contributed by atoms with Gasteiger partial charge in [0, 0.05) is 24.5 Å². The molecule has 0 amide bonds. The van der Waals surface area contributed by atoms with Crippen molar-refractivity contribution >= 4 is 33.9 Å². The Labute approximate surface area is 128 Å². The molecule has 4 rings (SSSR count). The van der Waals surface area contributed by atoms with Crippen LogP contribution in [0.15, 0.2) is 21.1 Å². The van der Waals surface area contributed by atoms with Crippen molar-refractivity contribution in [3.05, 3.63) is 11.1 Å². The second-order valence-electron chi connectivity index (χ2n) is 5.72. The fraction of sp³-hybridized carbons (Fsp3) is 0.714. The quantitative estimate of drug-likeness (QED) is 0.851. The summed E-state index contributed by atoms with van der Waals surface area (Å²) in [5.74, 6) is 1.01. The van der Waals surface area contributed by atoms with Crippen molar-refractivity contribution in [2.24, 2.45) is 9.98 Å². The molecule has 0 bridgehead atoms. The van der Waals surface area contributed by atoms with Crippen molar-refractivity contribution in [3.63, 3.8) is 0 Å². The van der Waals surface area contributed by atoms with Gasteiger partial charge in [-0.2, -0.15) is 0 Å². The van der Waals surface area contributed by atoms with E-state index < -0.39 is 0 Å². The average Bonchev–Trinajstić information content (AvgIpc) is 3.08. The highest BCUT2D eigenvalue weighted by Gasteiger charge is 2.31. The maximum atomic E-state index is 4.86. The lowest BCUT2D eigenvalue weighted by Crippen LogP contribution is -2.36. The second kappa shape index (κ2) is 5.64. The molecule has 3 aliphatic heterocycles. The third-order valence-corrected chi connectivity index (χ3v) is 6.23. The number of aliphatic imine (C=N–C) groups is 2. The maximum Gasteiger partial charge on any atom is 0.167 e. The predicted octanol–water partition coefficient (Wildman–Crippen LogP) is 2.64. The molecule has 6 heteroatoms. The largest absolute Gasteiger partial charge is 0.360 e. The Bertz CT molecular complexity index is 486. The molecule has 4 aliphatic rings. The molecule has 1 fully saturated rings. The summed E-state index contributed by atoms with van der Waals surface area (Å²) in [7, 11) is 0. The van der Waals surface area contributed by atoms with Gasteiger partial charge < -0.3 is 10.2 Å². The summed E-state index contributed by atoms with van der Waals surface area (Å²) in [6.07, 6.45) is 6.44. The summed E-state index contributed by atoms with van der Waals surface area (Å²) in [5, 5.41) is 8.24. The molecule has 1 aliphatic carbocycles. The van der Waals surface area contributed by atoms with Gasteiger partial charge in [-0.15, -0.1) is 0 Å². The maximum absolute atomic E-state index is 4.86. The Morgan fingerprint density at radius 2 is 2.30 bits per heavy atom. The van der Waals surface area contributed by atoms with Gasteiger partial charge in [0.1, 0.15) is 0 Å². The van der Waals surface area contributed by atoms with E-state index in [1.165, 1.54) is 43.0 Å². The van der Waals surface area contributed by atoms with Crippen LogP contribution in [-0.2, 0) is 0 Å². The number of thioether (sulfide) groups is 2. The first kappa shape index (κ1) is 13.1. The molecule has 0 aromatic carbocycles. The first-order valence-electron chi connectivity index (χ1n) is 7.55. The molecule has 1 N–H and O–H groups in total.